The third kappa shape index (κ3) is 3.80. The molecular formula is C25H24N2O5. The van der Waals surface area contributed by atoms with Crippen molar-refractivity contribution in [3.05, 3.63) is 88.3 Å². The van der Waals surface area contributed by atoms with Crippen molar-refractivity contribution in [3.8, 4) is 23.0 Å². The molecule has 0 radical (unpaired) electrons. The van der Waals surface area contributed by atoms with Crippen molar-refractivity contribution in [2.75, 3.05) is 26.6 Å². The summed E-state index contributed by atoms with van der Waals surface area (Å²) in [4.78, 5) is 15.4. The van der Waals surface area contributed by atoms with Crippen molar-refractivity contribution in [2.45, 2.75) is 6.04 Å². The van der Waals surface area contributed by atoms with Crippen LogP contribution >= 0.6 is 0 Å². The SMILES string of the molecule is COc1cc(C(Nc2c[nH]ccc2=O)c2c(O)ccc3ccccc23)cc(OC)c1OC. The fourth-order valence-electron chi connectivity index (χ4n) is 3.86. The van der Waals surface area contributed by atoms with Crippen molar-refractivity contribution in [1.29, 1.82) is 0 Å². The molecule has 1 aromatic heterocycles. The van der Waals surface area contributed by atoms with Crippen LogP contribution in [0.2, 0.25) is 0 Å². The number of H-pyrrole nitrogens is 1. The van der Waals surface area contributed by atoms with Crippen molar-refractivity contribution in [3.63, 3.8) is 0 Å². The highest BCUT2D eigenvalue weighted by molar-refractivity contribution is 5.89. The number of hydrogen-bond donors (Lipinski definition) is 3. The zero-order valence-corrected chi connectivity index (χ0v) is 18.0. The van der Waals surface area contributed by atoms with Crippen molar-refractivity contribution < 1.29 is 19.3 Å². The van der Waals surface area contributed by atoms with E-state index in [-0.39, 0.29) is 11.2 Å². The minimum Gasteiger partial charge on any atom is -0.508 e. The van der Waals surface area contributed by atoms with Gasteiger partial charge in [0.25, 0.3) is 0 Å². The van der Waals surface area contributed by atoms with Crippen LogP contribution in [0.4, 0.5) is 5.69 Å². The number of nitrogens with one attached hydrogen (secondary N) is 2. The van der Waals surface area contributed by atoms with E-state index in [4.69, 9.17) is 14.2 Å². The van der Waals surface area contributed by atoms with E-state index in [2.05, 4.69) is 10.3 Å². The number of hydrogen-bond acceptors (Lipinski definition) is 6. The molecule has 0 amide bonds. The lowest BCUT2D eigenvalue weighted by Crippen LogP contribution is -2.18. The number of anilines is 1. The number of aromatic amines is 1. The smallest absolute Gasteiger partial charge is 0.204 e. The van der Waals surface area contributed by atoms with Gasteiger partial charge < -0.3 is 29.6 Å². The number of fused-ring (bicyclic) bond motifs is 1. The van der Waals surface area contributed by atoms with Crippen molar-refractivity contribution >= 4 is 16.5 Å². The zero-order chi connectivity index (χ0) is 22.7. The lowest BCUT2D eigenvalue weighted by atomic mass is 9.92. The van der Waals surface area contributed by atoms with Gasteiger partial charge in [-0.15, -0.1) is 0 Å². The molecule has 3 aromatic carbocycles. The summed E-state index contributed by atoms with van der Waals surface area (Å²) >= 11 is 0. The van der Waals surface area contributed by atoms with E-state index >= 15 is 0 Å². The fourth-order valence-corrected chi connectivity index (χ4v) is 3.86. The molecular weight excluding hydrogens is 408 g/mol. The molecule has 7 nitrogen and oxygen atoms in total. The van der Waals surface area contributed by atoms with Gasteiger partial charge in [-0.3, -0.25) is 4.79 Å². The molecule has 0 spiro atoms. The molecule has 0 aliphatic carbocycles. The first-order valence-corrected chi connectivity index (χ1v) is 10.0. The first-order valence-electron chi connectivity index (χ1n) is 10.0. The summed E-state index contributed by atoms with van der Waals surface area (Å²) in [5.74, 6) is 1.49. The minimum atomic E-state index is -0.599. The number of methoxy groups -OCH3 is 3. The summed E-state index contributed by atoms with van der Waals surface area (Å²) in [5.41, 5.74) is 1.52. The Morgan fingerprint density at radius 3 is 2.31 bits per heavy atom. The first-order chi connectivity index (χ1) is 15.6. The van der Waals surface area contributed by atoms with Gasteiger partial charge in [-0.2, -0.15) is 0 Å². The molecule has 4 rings (SSSR count). The number of aromatic hydroxyl groups is 1. The van der Waals surface area contributed by atoms with E-state index in [1.54, 1.807) is 44.8 Å². The molecule has 0 bridgehead atoms. The summed E-state index contributed by atoms with van der Waals surface area (Å²) in [6.07, 6.45) is 3.16. The van der Waals surface area contributed by atoms with Crippen molar-refractivity contribution in [2.24, 2.45) is 0 Å². The highest BCUT2D eigenvalue weighted by Gasteiger charge is 2.25. The first kappa shape index (κ1) is 21.1. The summed E-state index contributed by atoms with van der Waals surface area (Å²) in [7, 11) is 4.62. The maximum atomic E-state index is 12.5. The predicted octanol–water partition coefficient (Wildman–Crippen LogP) is 4.46. The summed E-state index contributed by atoms with van der Waals surface area (Å²) < 4.78 is 16.5. The average molecular weight is 432 g/mol. The van der Waals surface area contributed by atoms with Gasteiger partial charge in [0.1, 0.15) is 5.75 Å². The van der Waals surface area contributed by atoms with Crippen LogP contribution in [0.5, 0.6) is 23.0 Å². The monoisotopic (exact) mass is 432 g/mol. The number of phenolic OH excluding ortho intramolecular Hbond substituents is 1. The maximum absolute atomic E-state index is 12.5. The Kier molecular flexibility index (Phi) is 5.89. The van der Waals surface area contributed by atoms with Gasteiger partial charge >= 0.3 is 0 Å². The van der Waals surface area contributed by atoms with Crippen LogP contribution in [-0.4, -0.2) is 31.4 Å². The molecule has 0 fully saturated rings. The van der Waals surface area contributed by atoms with Gasteiger partial charge in [0.15, 0.2) is 11.5 Å². The van der Waals surface area contributed by atoms with E-state index < -0.39 is 6.04 Å². The van der Waals surface area contributed by atoms with E-state index in [1.807, 2.05) is 30.3 Å². The Hall–Kier alpha value is -4.13. The molecule has 1 heterocycles. The Morgan fingerprint density at radius 1 is 0.938 bits per heavy atom. The molecule has 4 aromatic rings. The normalized spacial score (nSPS) is 11.7. The molecule has 0 saturated heterocycles. The molecule has 3 N–H and O–H groups in total. The Balaban J connectivity index is 2.00. The second-order valence-electron chi connectivity index (χ2n) is 7.18. The molecule has 0 aliphatic rings. The van der Waals surface area contributed by atoms with Crippen LogP contribution in [-0.2, 0) is 0 Å². The van der Waals surface area contributed by atoms with Gasteiger partial charge in [0.05, 0.1) is 33.1 Å². The fraction of sp³-hybridized carbons (Fsp3) is 0.160. The average Bonchev–Trinajstić information content (AvgIpc) is 2.83. The van der Waals surface area contributed by atoms with Crippen LogP contribution in [0.15, 0.2) is 71.8 Å². The number of phenols is 1. The van der Waals surface area contributed by atoms with Crippen LogP contribution < -0.4 is 25.0 Å². The Bertz CT molecular complexity index is 1290. The van der Waals surface area contributed by atoms with Crippen LogP contribution in [0.25, 0.3) is 10.8 Å². The molecule has 32 heavy (non-hydrogen) atoms. The van der Waals surface area contributed by atoms with Gasteiger partial charge in [-0.1, -0.05) is 30.3 Å². The number of aromatic nitrogens is 1. The Labute approximate surface area is 185 Å². The molecule has 0 aliphatic heterocycles. The third-order valence-electron chi connectivity index (χ3n) is 5.38. The highest BCUT2D eigenvalue weighted by atomic mass is 16.5. The summed E-state index contributed by atoms with van der Waals surface area (Å²) in [6, 6.07) is 15.7. The molecule has 1 atom stereocenters. The number of rotatable bonds is 7. The number of benzene rings is 3. The molecule has 1 unspecified atom stereocenters. The number of ether oxygens (including phenoxy) is 3. The van der Waals surface area contributed by atoms with Gasteiger partial charge in [-0.05, 0) is 34.5 Å². The lowest BCUT2D eigenvalue weighted by molar-refractivity contribution is 0.323. The van der Waals surface area contributed by atoms with Crippen LogP contribution in [0.3, 0.4) is 0 Å². The highest BCUT2D eigenvalue weighted by Crippen LogP contribution is 2.44. The van der Waals surface area contributed by atoms with Gasteiger partial charge in [0.2, 0.25) is 11.2 Å². The largest absolute Gasteiger partial charge is 0.508 e. The predicted molar refractivity (Wildman–Crippen MR) is 124 cm³/mol. The second kappa shape index (κ2) is 8.93. The van der Waals surface area contributed by atoms with E-state index in [0.717, 1.165) is 16.3 Å². The van der Waals surface area contributed by atoms with E-state index in [0.29, 0.717) is 28.5 Å². The molecule has 7 heteroatoms. The van der Waals surface area contributed by atoms with Crippen LogP contribution in [0.1, 0.15) is 17.2 Å². The minimum absolute atomic E-state index is 0.0994. The standard InChI is InChI=1S/C25H24N2O5/c1-30-21-12-16(13-22(31-2)25(21)32-3)24(27-18-14-26-11-10-19(18)28)23-17-7-5-4-6-15(17)8-9-20(23)29/h4-14,24,27,29H,1-3H3,(H,26,28). The second-order valence-corrected chi connectivity index (χ2v) is 7.18. The van der Waals surface area contributed by atoms with Crippen molar-refractivity contribution in [1.82, 2.24) is 4.98 Å². The Morgan fingerprint density at radius 2 is 1.66 bits per heavy atom. The van der Waals surface area contributed by atoms with Gasteiger partial charge in [0, 0.05) is 24.0 Å². The third-order valence-corrected chi connectivity index (χ3v) is 5.38. The molecule has 164 valence electrons. The summed E-state index contributed by atoms with van der Waals surface area (Å²) in [5, 5.41) is 16.0. The van der Waals surface area contributed by atoms with E-state index in [9.17, 15) is 9.90 Å². The molecule has 0 saturated carbocycles. The van der Waals surface area contributed by atoms with Gasteiger partial charge in [-0.25, -0.2) is 0 Å². The quantitative estimate of drug-likeness (QED) is 0.399. The maximum Gasteiger partial charge on any atom is 0.204 e. The summed E-state index contributed by atoms with van der Waals surface area (Å²) in [6.45, 7) is 0. The topological polar surface area (TPSA) is 92.8 Å². The zero-order valence-electron chi connectivity index (χ0n) is 18.0. The number of pyridine rings is 1. The lowest BCUT2D eigenvalue weighted by Gasteiger charge is -2.25. The van der Waals surface area contributed by atoms with Crippen LogP contribution in [0, 0.1) is 0 Å². The van der Waals surface area contributed by atoms with E-state index in [1.165, 1.54) is 13.2 Å².